The van der Waals surface area contributed by atoms with Crippen LogP contribution in [0.4, 0.5) is 5.69 Å². The molecule has 0 saturated carbocycles. The van der Waals surface area contributed by atoms with Crippen LogP contribution < -0.4 is 16.0 Å². The number of anilines is 1. The second kappa shape index (κ2) is 12.5. The Kier molecular flexibility index (Phi) is 9.51. The van der Waals surface area contributed by atoms with Crippen molar-refractivity contribution in [2.24, 2.45) is 10.9 Å². The molecule has 0 aliphatic carbocycles. The highest BCUT2D eigenvalue weighted by molar-refractivity contribution is 5.93. The van der Waals surface area contributed by atoms with Crippen molar-refractivity contribution in [2.45, 2.75) is 20.5 Å². The Morgan fingerprint density at radius 3 is 2.71 bits per heavy atom. The SMILES string of the molecule is CCNC(=NCC(=O)Nc1cccnc1)NCC(C)COCc1ccccc1. The number of rotatable bonds is 10. The van der Waals surface area contributed by atoms with Gasteiger partial charge in [-0.15, -0.1) is 0 Å². The number of ether oxygens (including phenoxy) is 1. The van der Waals surface area contributed by atoms with Crippen molar-refractivity contribution in [1.29, 1.82) is 0 Å². The fourth-order valence-corrected chi connectivity index (χ4v) is 2.41. The molecule has 1 atom stereocenters. The fourth-order valence-electron chi connectivity index (χ4n) is 2.41. The number of hydrogen-bond acceptors (Lipinski definition) is 4. The van der Waals surface area contributed by atoms with Crippen LogP contribution >= 0.6 is 0 Å². The van der Waals surface area contributed by atoms with Gasteiger partial charge in [0.1, 0.15) is 6.54 Å². The summed E-state index contributed by atoms with van der Waals surface area (Å²) in [5.41, 5.74) is 1.82. The van der Waals surface area contributed by atoms with Gasteiger partial charge in [0.25, 0.3) is 0 Å². The van der Waals surface area contributed by atoms with Gasteiger partial charge in [0.15, 0.2) is 5.96 Å². The first-order valence-corrected chi connectivity index (χ1v) is 9.51. The van der Waals surface area contributed by atoms with Crippen molar-refractivity contribution < 1.29 is 9.53 Å². The molecule has 7 nitrogen and oxygen atoms in total. The topological polar surface area (TPSA) is 87.6 Å². The van der Waals surface area contributed by atoms with Gasteiger partial charge in [0, 0.05) is 19.3 Å². The third-order valence-corrected chi connectivity index (χ3v) is 3.80. The van der Waals surface area contributed by atoms with Gasteiger partial charge in [-0.1, -0.05) is 37.3 Å². The molecular weight excluding hydrogens is 354 g/mol. The van der Waals surface area contributed by atoms with E-state index in [0.29, 0.717) is 37.3 Å². The van der Waals surface area contributed by atoms with Crippen LogP contribution in [0.5, 0.6) is 0 Å². The summed E-state index contributed by atoms with van der Waals surface area (Å²) in [4.78, 5) is 20.3. The molecule has 0 spiro atoms. The minimum Gasteiger partial charge on any atom is -0.376 e. The van der Waals surface area contributed by atoms with Crippen LogP contribution in [0, 0.1) is 5.92 Å². The standard InChI is InChI=1S/C21H29N5O2/c1-3-23-21(25-14-20(27)26-19-10-7-11-22-13-19)24-12-17(2)15-28-16-18-8-5-4-6-9-18/h4-11,13,17H,3,12,14-16H2,1-2H3,(H,26,27)(H2,23,24,25). The summed E-state index contributed by atoms with van der Waals surface area (Å²) >= 11 is 0. The third-order valence-electron chi connectivity index (χ3n) is 3.80. The molecule has 0 bridgehead atoms. The van der Waals surface area contributed by atoms with Crippen LogP contribution in [-0.2, 0) is 16.1 Å². The summed E-state index contributed by atoms with van der Waals surface area (Å²) < 4.78 is 5.77. The third kappa shape index (κ3) is 8.64. The van der Waals surface area contributed by atoms with Crippen molar-refractivity contribution in [3.05, 3.63) is 60.4 Å². The summed E-state index contributed by atoms with van der Waals surface area (Å²) in [7, 11) is 0. The number of aliphatic imine (C=N–C) groups is 1. The van der Waals surface area contributed by atoms with Gasteiger partial charge in [-0.05, 0) is 30.5 Å². The van der Waals surface area contributed by atoms with Gasteiger partial charge in [-0.25, -0.2) is 4.99 Å². The summed E-state index contributed by atoms with van der Waals surface area (Å²) in [6.45, 7) is 6.79. The quantitative estimate of drug-likeness (QED) is 0.433. The van der Waals surface area contributed by atoms with E-state index >= 15 is 0 Å². The van der Waals surface area contributed by atoms with E-state index in [9.17, 15) is 4.79 Å². The molecule has 3 N–H and O–H groups in total. The molecule has 150 valence electrons. The van der Waals surface area contributed by atoms with Gasteiger partial charge in [-0.3, -0.25) is 9.78 Å². The van der Waals surface area contributed by atoms with Crippen molar-refractivity contribution in [2.75, 3.05) is 31.6 Å². The number of pyridine rings is 1. The highest BCUT2D eigenvalue weighted by atomic mass is 16.5. The maximum absolute atomic E-state index is 12.0. The lowest BCUT2D eigenvalue weighted by atomic mass is 10.2. The fraction of sp³-hybridized carbons (Fsp3) is 0.381. The van der Waals surface area contributed by atoms with E-state index in [4.69, 9.17) is 4.74 Å². The highest BCUT2D eigenvalue weighted by Gasteiger charge is 2.06. The molecular formula is C21H29N5O2. The first-order valence-electron chi connectivity index (χ1n) is 9.51. The Bertz CT molecular complexity index is 722. The molecule has 0 saturated heterocycles. The normalized spacial score (nSPS) is 12.3. The molecule has 1 amide bonds. The van der Waals surface area contributed by atoms with Crippen LogP contribution in [0.3, 0.4) is 0 Å². The molecule has 0 fully saturated rings. The maximum atomic E-state index is 12.0. The number of benzene rings is 1. The van der Waals surface area contributed by atoms with Crippen LogP contribution in [0.25, 0.3) is 0 Å². The summed E-state index contributed by atoms with van der Waals surface area (Å²) in [5.74, 6) is 0.722. The van der Waals surface area contributed by atoms with E-state index in [1.807, 2.05) is 25.1 Å². The first kappa shape index (κ1) is 21.4. The lowest BCUT2D eigenvalue weighted by Gasteiger charge is -2.16. The minimum absolute atomic E-state index is 0.0309. The van der Waals surface area contributed by atoms with Crippen LogP contribution in [-0.4, -0.2) is 43.1 Å². The Hall–Kier alpha value is -2.93. The van der Waals surface area contributed by atoms with Crippen molar-refractivity contribution in [3.63, 3.8) is 0 Å². The predicted molar refractivity (Wildman–Crippen MR) is 112 cm³/mol. The molecule has 1 heterocycles. The van der Waals surface area contributed by atoms with E-state index in [0.717, 1.165) is 12.1 Å². The maximum Gasteiger partial charge on any atom is 0.246 e. The average molecular weight is 383 g/mol. The number of guanidine groups is 1. The summed E-state index contributed by atoms with van der Waals surface area (Å²) in [6, 6.07) is 13.7. The van der Waals surface area contributed by atoms with Crippen molar-refractivity contribution in [3.8, 4) is 0 Å². The van der Waals surface area contributed by atoms with Crippen LogP contribution in [0.1, 0.15) is 19.4 Å². The van der Waals surface area contributed by atoms with E-state index < -0.39 is 0 Å². The number of carbonyl (C=O) groups excluding carboxylic acids is 1. The summed E-state index contributed by atoms with van der Waals surface area (Å²) in [6.07, 6.45) is 3.26. The Balaban J connectivity index is 1.71. The summed E-state index contributed by atoms with van der Waals surface area (Å²) in [5, 5.41) is 9.16. The Morgan fingerprint density at radius 2 is 2.00 bits per heavy atom. The minimum atomic E-state index is -0.190. The second-order valence-corrected chi connectivity index (χ2v) is 6.47. The highest BCUT2D eigenvalue weighted by Crippen LogP contribution is 2.03. The first-order chi connectivity index (χ1) is 13.7. The van der Waals surface area contributed by atoms with Gasteiger partial charge in [0.2, 0.25) is 5.91 Å². The predicted octanol–water partition coefficient (Wildman–Crippen LogP) is 2.43. The van der Waals surface area contributed by atoms with E-state index in [1.165, 1.54) is 0 Å². The van der Waals surface area contributed by atoms with Crippen molar-refractivity contribution in [1.82, 2.24) is 15.6 Å². The van der Waals surface area contributed by atoms with E-state index in [2.05, 4.69) is 45.0 Å². The van der Waals surface area contributed by atoms with Crippen molar-refractivity contribution >= 4 is 17.6 Å². The zero-order valence-electron chi connectivity index (χ0n) is 16.5. The number of aromatic nitrogens is 1. The molecule has 7 heteroatoms. The van der Waals surface area contributed by atoms with Gasteiger partial charge < -0.3 is 20.7 Å². The monoisotopic (exact) mass is 383 g/mol. The molecule has 0 aliphatic heterocycles. The van der Waals surface area contributed by atoms with Gasteiger partial charge in [-0.2, -0.15) is 0 Å². The van der Waals surface area contributed by atoms with Crippen LogP contribution in [0.15, 0.2) is 59.9 Å². The zero-order chi connectivity index (χ0) is 20.0. The number of nitrogens with zero attached hydrogens (tertiary/aromatic N) is 2. The Labute approximate surface area is 166 Å². The number of hydrogen-bond donors (Lipinski definition) is 3. The largest absolute Gasteiger partial charge is 0.376 e. The van der Waals surface area contributed by atoms with E-state index in [1.54, 1.807) is 24.5 Å². The second-order valence-electron chi connectivity index (χ2n) is 6.47. The molecule has 28 heavy (non-hydrogen) atoms. The average Bonchev–Trinajstić information content (AvgIpc) is 2.71. The van der Waals surface area contributed by atoms with Crippen LogP contribution in [0.2, 0.25) is 0 Å². The Morgan fingerprint density at radius 1 is 1.18 bits per heavy atom. The van der Waals surface area contributed by atoms with E-state index in [-0.39, 0.29) is 12.5 Å². The molecule has 2 rings (SSSR count). The smallest absolute Gasteiger partial charge is 0.246 e. The molecule has 1 aromatic carbocycles. The molecule has 2 aromatic rings. The molecule has 0 aliphatic rings. The number of amides is 1. The van der Waals surface area contributed by atoms with Gasteiger partial charge >= 0.3 is 0 Å². The van der Waals surface area contributed by atoms with Gasteiger partial charge in [0.05, 0.1) is 25.1 Å². The molecule has 1 unspecified atom stereocenters. The molecule has 0 radical (unpaired) electrons. The lowest BCUT2D eigenvalue weighted by Crippen LogP contribution is -2.40. The number of nitrogens with one attached hydrogen (secondary N) is 3. The number of carbonyl (C=O) groups is 1. The lowest BCUT2D eigenvalue weighted by molar-refractivity contribution is -0.114. The molecule has 1 aromatic heterocycles. The zero-order valence-corrected chi connectivity index (χ0v) is 16.5.